The summed E-state index contributed by atoms with van der Waals surface area (Å²) in [4.78, 5) is 0. The van der Waals surface area contributed by atoms with E-state index in [1.165, 1.54) is 49.1 Å². The zero-order valence-corrected chi connectivity index (χ0v) is 11.7. The number of aliphatic hydroxyl groups is 1. The van der Waals surface area contributed by atoms with E-state index in [2.05, 4.69) is 24.5 Å². The molecule has 1 atom stereocenters. The van der Waals surface area contributed by atoms with Crippen LogP contribution in [0, 0.1) is 6.92 Å². The van der Waals surface area contributed by atoms with Crippen molar-refractivity contribution in [3.63, 3.8) is 0 Å². The van der Waals surface area contributed by atoms with Crippen LogP contribution < -0.4 is 0 Å². The van der Waals surface area contributed by atoms with Crippen LogP contribution in [0.4, 0.5) is 0 Å². The third kappa shape index (κ3) is 1.82. The third-order valence-corrected chi connectivity index (χ3v) is 5.04. The predicted molar refractivity (Wildman–Crippen MR) is 73.8 cm³/mol. The van der Waals surface area contributed by atoms with Gasteiger partial charge in [0.1, 0.15) is 0 Å². The third-order valence-electron chi connectivity index (χ3n) is 5.04. The first-order valence-corrected chi connectivity index (χ1v) is 7.51. The molecule has 2 aliphatic rings. The van der Waals surface area contributed by atoms with Crippen molar-refractivity contribution in [2.24, 2.45) is 0 Å². The Morgan fingerprint density at radius 3 is 2.67 bits per heavy atom. The number of aromatic nitrogens is 1. The van der Waals surface area contributed by atoms with Crippen LogP contribution in [-0.4, -0.2) is 9.67 Å². The predicted octanol–water partition coefficient (Wildman–Crippen LogP) is 3.85. The lowest BCUT2D eigenvalue weighted by Gasteiger charge is -2.39. The number of aryl methyl sites for hydroxylation is 1. The lowest BCUT2D eigenvalue weighted by atomic mass is 9.82. The molecule has 0 radical (unpaired) electrons. The number of hydrogen-bond donors (Lipinski definition) is 1. The lowest BCUT2D eigenvalue weighted by Crippen LogP contribution is -2.35. The van der Waals surface area contributed by atoms with Gasteiger partial charge in [-0.15, -0.1) is 0 Å². The maximum Gasteiger partial charge on any atom is 0.0807 e. The maximum absolute atomic E-state index is 10.2. The molecule has 0 saturated heterocycles. The molecule has 1 aromatic heterocycles. The van der Waals surface area contributed by atoms with Gasteiger partial charge in [0.05, 0.1) is 6.10 Å². The summed E-state index contributed by atoms with van der Waals surface area (Å²) in [6.45, 7) is 4.63. The molecule has 1 heterocycles. The number of hydrogen-bond acceptors (Lipinski definition) is 1. The first-order valence-electron chi connectivity index (χ1n) is 7.51. The molecule has 3 rings (SSSR count). The van der Waals surface area contributed by atoms with E-state index in [9.17, 15) is 5.11 Å². The number of nitrogens with zero attached hydrogens (tertiary/aromatic N) is 1. The Kier molecular flexibility index (Phi) is 3.01. The molecule has 0 bridgehead atoms. The van der Waals surface area contributed by atoms with Gasteiger partial charge >= 0.3 is 0 Å². The van der Waals surface area contributed by atoms with E-state index in [0.29, 0.717) is 5.54 Å². The van der Waals surface area contributed by atoms with Crippen molar-refractivity contribution in [2.45, 2.75) is 76.9 Å². The van der Waals surface area contributed by atoms with E-state index < -0.39 is 0 Å². The standard InChI is InChI=1S/C16H25NO/c1-12-11-13-14(7-6-8-15(13)18)17(12)16(2)9-4-3-5-10-16/h11,15,18H,3-10H2,1-2H3. The van der Waals surface area contributed by atoms with Gasteiger partial charge in [0.2, 0.25) is 0 Å². The minimum atomic E-state index is -0.221. The van der Waals surface area contributed by atoms with Crippen LogP contribution in [0.1, 0.15) is 74.9 Å². The van der Waals surface area contributed by atoms with Crippen molar-refractivity contribution in [3.8, 4) is 0 Å². The molecule has 2 aliphatic carbocycles. The zero-order valence-electron chi connectivity index (χ0n) is 11.7. The van der Waals surface area contributed by atoms with Crippen LogP contribution >= 0.6 is 0 Å². The summed E-state index contributed by atoms with van der Waals surface area (Å²) in [5.41, 5.74) is 4.29. The van der Waals surface area contributed by atoms with Crippen LogP contribution in [0.2, 0.25) is 0 Å². The van der Waals surface area contributed by atoms with Gasteiger partial charge in [-0.05, 0) is 52.0 Å². The van der Waals surface area contributed by atoms with Gasteiger partial charge in [0, 0.05) is 22.5 Å². The van der Waals surface area contributed by atoms with Crippen LogP contribution in [-0.2, 0) is 12.0 Å². The molecule has 2 nitrogen and oxygen atoms in total. The second kappa shape index (κ2) is 4.41. The second-order valence-corrected chi connectivity index (χ2v) is 6.49. The highest BCUT2D eigenvalue weighted by Gasteiger charge is 2.34. The molecule has 0 aliphatic heterocycles. The van der Waals surface area contributed by atoms with Gasteiger partial charge < -0.3 is 9.67 Å². The van der Waals surface area contributed by atoms with E-state index in [1.54, 1.807) is 0 Å². The molecule has 1 aromatic rings. The second-order valence-electron chi connectivity index (χ2n) is 6.49. The number of fused-ring (bicyclic) bond motifs is 1. The average molecular weight is 247 g/mol. The van der Waals surface area contributed by atoms with Crippen molar-refractivity contribution < 1.29 is 5.11 Å². The molecule has 100 valence electrons. The summed E-state index contributed by atoms with van der Waals surface area (Å²) in [6.07, 6.45) is 9.69. The van der Waals surface area contributed by atoms with E-state index in [4.69, 9.17) is 0 Å². The molecule has 18 heavy (non-hydrogen) atoms. The van der Waals surface area contributed by atoms with Crippen LogP contribution in [0.3, 0.4) is 0 Å². The van der Waals surface area contributed by atoms with Gasteiger partial charge in [-0.3, -0.25) is 0 Å². The maximum atomic E-state index is 10.2. The average Bonchev–Trinajstić information content (AvgIpc) is 2.68. The highest BCUT2D eigenvalue weighted by Crippen LogP contribution is 2.41. The molecule has 2 heteroatoms. The fourth-order valence-electron chi connectivity index (χ4n) is 4.17. The Balaban J connectivity index is 2.06. The van der Waals surface area contributed by atoms with Gasteiger partial charge in [-0.2, -0.15) is 0 Å². The Labute approximate surface area is 110 Å². The van der Waals surface area contributed by atoms with Crippen molar-refractivity contribution in [3.05, 3.63) is 23.0 Å². The molecular formula is C16H25NO. The van der Waals surface area contributed by atoms with Crippen LogP contribution in [0.25, 0.3) is 0 Å². The molecule has 1 unspecified atom stereocenters. The molecule has 0 spiro atoms. The molecule has 1 N–H and O–H groups in total. The quantitative estimate of drug-likeness (QED) is 0.801. The summed E-state index contributed by atoms with van der Waals surface area (Å²) in [5, 5.41) is 10.2. The zero-order chi connectivity index (χ0) is 12.8. The fraction of sp³-hybridized carbons (Fsp3) is 0.750. The van der Waals surface area contributed by atoms with E-state index >= 15 is 0 Å². The summed E-state index contributed by atoms with van der Waals surface area (Å²) in [5.74, 6) is 0. The van der Waals surface area contributed by atoms with Gasteiger partial charge in [0.25, 0.3) is 0 Å². The lowest BCUT2D eigenvalue weighted by molar-refractivity contribution is 0.151. The van der Waals surface area contributed by atoms with E-state index in [0.717, 1.165) is 19.3 Å². The highest BCUT2D eigenvalue weighted by molar-refractivity contribution is 5.33. The molecule has 0 amide bonds. The largest absolute Gasteiger partial charge is 0.388 e. The summed E-state index contributed by atoms with van der Waals surface area (Å²) in [6, 6.07) is 2.24. The van der Waals surface area contributed by atoms with E-state index in [-0.39, 0.29) is 6.10 Å². The van der Waals surface area contributed by atoms with Gasteiger partial charge in [-0.1, -0.05) is 19.3 Å². The molecular weight excluding hydrogens is 222 g/mol. The monoisotopic (exact) mass is 247 g/mol. The van der Waals surface area contributed by atoms with Crippen LogP contribution in [0.15, 0.2) is 6.07 Å². The van der Waals surface area contributed by atoms with Crippen molar-refractivity contribution >= 4 is 0 Å². The van der Waals surface area contributed by atoms with Crippen LogP contribution in [0.5, 0.6) is 0 Å². The minimum Gasteiger partial charge on any atom is -0.388 e. The fourth-order valence-corrected chi connectivity index (χ4v) is 4.17. The Bertz CT molecular complexity index is 440. The minimum absolute atomic E-state index is 0.221. The van der Waals surface area contributed by atoms with Crippen molar-refractivity contribution in [1.82, 2.24) is 4.57 Å². The van der Waals surface area contributed by atoms with E-state index in [1.807, 2.05) is 0 Å². The summed E-state index contributed by atoms with van der Waals surface area (Å²) < 4.78 is 2.57. The number of rotatable bonds is 1. The van der Waals surface area contributed by atoms with Gasteiger partial charge in [-0.25, -0.2) is 0 Å². The molecule has 0 aromatic carbocycles. The Morgan fingerprint density at radius 1 is 1.22 bits per heavy atom. The first-order chi connectivity index (χ1) is 8.62. The Hall–Kier alpha value is -0.760. The first kappa shape index (κ1) is 12.3. The van der Waals surface area contributed by atoms with Gasteiger partial charge in [0.15, 0.2) is 0 Å². The molecule has 1 fully saturated rings. The summed E-state index contributed by atoms with van der Waals surface area (Å²) >= 11 is 0. The van der Waals surface area contributed by atoms with Crippen molar-refractivity contribution in [1.29, 1.82) is 0 Å². The SMILES string of the molecule is Cc1cc2c(n1C1(C)CCCCC1)CCCC2O. The molecule has 1 saturated carbocycles. The van der Waals surface area contributed by atoms with Crippen molar-refractivity contribution in [2.75, 3.05) is 0 Å². The number of aliphatic hydroxyl groups excluding tert-OH is 1. The smallest absolute Gasteiger partial charge is 0.0807 e. The topological polar surface area (TPSA) is 25.2 Å². The highest BCUT2D eigenvalue weighted by atomic mass is 16.3. The normalized spacial score (nSPS) is 26.9. The summed E-state index contributed by atoms with van der Waals surface area (Å²) in [7, 11) is 0. The Morgan fingerprint density at radius 2 is 1.94 bits per heavy atom.